The van der Waals surface area contributed by atoms with E-state index in [0.29, 0.717) is 19.3 Å². The van der Waals surface area contributed by atoms with Crippen LogP contribution < -0.4 is 10.6 Å². The smallest absolute Gasteiger partial charge is 0.407 e. The summed E-state index contributed by atoms with van der Waals surface area (Å²) in [5.74, 6) is -0.675. The van der Waals surface area contributed by atoms with Gasteiger partial charge in [0.1, 0.15) is 23.7 Å². The van der Waals surface area contributed by atoms with E-state index in [1.54, 1.807) is 13.2 Å². The van der Waals surface area contributed by atoms with Gasteiger partial charge in [-0.15, -0.1) is 11.3 Å². The molecule has 51 heavy (non-hydrogen) atoms. The summed E-state index contributed by atoms with van der Waals surface area (Å²) in [6.07, 6.45) is 2.29. The molecule has 2 N–H and O–H groups in total. The van der Waals surface area contributed by atoms with Crippen molar-refractivity contribution in [1.82, 2.24) is 20.5 Å². The zero-order valence-corrected chi connectivity index (χ0v) is 30.0. The Morgan fingerprint density at radius 2 is 1.35 bits per heavy atom. The van der Waals surface area contributed by atoms with E-state index in [4.69, 9.17) is 4.74 Å². The number of fused-ring (bicyclic) bond motifs is 3. The van der Waals surface area contributed by atoms with Crippen molar-refractivity contribution in [3.63, 3.8) is 0 Å². The molecule has 1 aliphatic rings. The molecular weight excluding hydrogens is 657 g/mol. The van der Waals surface area contributed by atoms with Crippen LogP contribution in [0.1, 0.15) is 59.5 Å². The first kappa shape index (κ1) is 35.5. The van der Waals surface area contributed by atoms with Gasteiger partial charge in [0.15, 0.2) is 0 Å². The lowest BCUT2D eigenvalue weighted by Crippen LogP contribution is -2.55. The van der Waals surface area contributed by atoms with Crippen LogP contribution in [0.15, 0.2) is 121 Å². The molecule has 0 bridgehead atoms. The third-order valence-corrected chi connectivity index (χ3v) is 10.3. The number of alkyl carbamates (subject to hydrolysis) is 1. The molecule has 8 nitrogen and oxygen atoms in total. The summed E-state index contributed by atoms with van der Waals surface area (Å²) in [5, 5.41) is 8.75. The minimum atomic E-state index is -0.893. The van der Waals surface area contributed by atoms with Gasteiger partial charge in [0.2, 0.25) is 11.8 Å². The van der Waals surface area contributed by atoms with Gasteiger partial charge < -0.3 is 20.3 Å². The summed E-state index contributed by atoms with van der Waals surface area (Å²) in [6.45, 7) is 4.13. The summed E-state index contributed by atoms with van der Waals surface area (Å²) in [6, 6.07) is 33.8. The second kappa shape index (κ2) is 16.6. The molecule has 4 aromatic carbocycles. The van der Waals surface area contributed by atoms with Crippen LogP contribution in [-0.4, -0.2) is 53.5 Å². The summed E-state index contributed by atoms with van der Waals surface area (Å²) in [4.78, 5) is 48.0. The molecule has 262 valence electrons. The van der Waals surface area contributed by atoms with Crippen LogP contribution >= 0.6 is 11.3 Å². The maximum atomic E-state index is 14.3. The van der Waals surface area contributed by atoms with Crippen molar-refractivity contribution in [3.05, 3.63) is 148 Å². The second-order valence-electron chi connectivity index (χ2n) is 13.4. The quantitative estimate of drug-likeness (QED) is 0.125. The second-order valence-corrected chi connectivity index (χ2v) is 14.4. The van der Waals surface area contributed by atoms with Gasteiger partial charge in [-0.2, -0.15) is 0 Å². The van der Waals surface area contributed by atoms with Crippen LogP contribution in [0, 0.1) is 5.92 Å². The number of thiazole rings is 1. The van der Waals surface area contributed by atoms with Gasteiger partial charge in [0.25, 0.3) is 0 Å². The molecule has 6 rings (SSSR count). The van der Waals surface area contributed by atoms with E-state index < -0.39 is 18.2 Å². The van der Waals surface area contributed by atoms with Crippen LogP contribution in [0.4, 0.5) is 4.79 Å². The normalized spacial score (nSPS) is 13.8. The number of carbonyl (C=O) groups excluding carboxylic acids is 3. The molecule has 3 amide bonds. The maximum absolute atomic E-state index is 14.3. The first-order chi connectivity index (χ1) is 24.8. The lowest BCUT2D eigenvalue weighted by atomic mass is 9.98. The summed E-state index contributed by atoms with van der Waals surface area (Å²) in [5.41, 5.74) is 6.47. The van der Waals surface area contributed by atoms with Crippen LogP contribution in [-0.2, 0) is 27.2 Å². The van der Waals surface area contributed by atoms with Gasteiger partial charge in [0, 0.05) is 31.0 Å². The Hall–Kier alpha value is -5.28. The Balaban J connectivity index is 1.19. The Morgan fingerprint density at radius 1 is 0.784 bits per heavy atom. The molecule has 1 aromatic heterocycles. The molecule has 1 aliphatic carbocycles. The number of aromatic nitrogens is 1. The van der Waals surface area contributed by atoms with E-state index in [-0.39, 0.29) is 36.3 Å². The molecule has 0 radical (unpaired) electrons. The summed E-state index contributed by atoms with van der Waals surface area (Å²) >= 11 is 1.48. The van der Waals surface area contributed by atoms with Crippen molar-refractivity contribution in [2.45, 2.75) is 57.2 Å². The number of nitrogens with zero attached hydrogens (tertiary/aromatic N) is 2. The van der Waals surface area contributed by atoms with Gasteiger partial charge in [-0.3, -0.25) is 9.59 Å². The molecule has 0 fully saturated rings. The van der Waals surface area contributed by atoms with E-state index in [2.05, 4.69) is 39.9 Å². The van der Waals surface area contributed by atoms with E-state index in [0.717, 1.165) is 38.4 Å². The van der Waals surface area contributed by atoms with Crippen LogP contribution in [0.3, 0.4) is 0 Å². The SMILES string of the molecule is CC(C)C[C@H](NC(=O)OCC1c2ccccc2-c2ccccc21)C(=O)N(C)[C@H](Cc1ccccc1)C(=O)N[C@@H](Cc1ccccc1)c1nccs1. The number of benzene rings is 4. The molecule has 3 atom stereocenters. The average molecular weight is 701 g/mol. The Morgan fingerprint density at radius 3 is 1.92 bits per heavy atom. The van der Waals surface area contributed by atoms with Gasteiger partial charge in [-0.25, -0.2) is 9.78 Å². The van der Waals surface area contributed by atoms with E-state index in [1.807, 2.05) is 104 Å². The molecule has 0 spiro atoms. The molecular formula is C42H44N4O4S. The van der Waals surface area contributed by atoms with Crippen molar-refractivity contribution in [2.75, 3.05) is 13.7 Å². The molecule has 5 aromatic rings. The molecule has 0 saturated heterocycles. The van der Waals surface area contributed by atoms with E-state index >= 15 is 0 Å². The molecule has 0 saturated carbocycles. The van der Waals surface area contributed by atoms with Crippen molar-refractivity contribution < 1.29 is 19.1 Å². The van der Waals surface area contributed by atoms with Gasteiger partial charge >= 0.3 is 6.09 Å². The topological polar surface area (TPSA) is 101 Å². The number of nitrogens with one attached hydrogen (secondary N) is 2. The predicted octanol–water partition coefficient (Wildman–Crippen LogP) is 7.57. The fourth-order valence-corrected chi connectivity index (χ4v) is 7.53. The lowest BCUT2D eigenvalue weighted by Gasteiger charge is -2.32. The predicted molar refractivity (Wildman–Crippen MR) is 201 cm³/mol. The van der Waals surface area contributed by atoms with Gasteiger partial charge in [0.05, 0.1) is 6.04 Å². The first-order valence-electron chi connectivity index (χ1n) is 17.4. The Kier molecular flexibility index (Phi) is 11.6. The molecule has 0 aliphatic heterocycles. The number of hydrogen-bond acceptors (Lipinski definition) is 6. The number of hydrogen-bond donors (Lipinski definition) is 2. The maximum Gasteiger partial charge on any atom is 0.407 e. The zero-order valence-electron chi connectivity index (χ0n) is 29.2. The van der Waals surface area contributed by atoms with Crippen molar-refractivity contribution in [3.8, 4) is 11.1 Å². The fourth-order valence-electron chi connectivity index (χ4n) is 6.84. The Labute approximate surface area is 303 Å². The monoisotopic (exact) mass is 700 g/mol. The third-order valence-electron chi connectivity index (χ3n) is 9.38. The third kappa shape index (κ3) is 8.72. The fraction of sp³-hybridized carbons (Fsp3) is 0.286. The number of likely N-dealkylation sites (N-methyl/N-ethyl adjacent to an activating group) is 1. The standard InChI is InChI=1S/C42H44N4O4S/c1-28(2)24-37(45-42(49)50-27-35-33-20-12-10-18-31(33)32-19-11-13-21-34(32)35)41(48)46(3)38(26-30-16-8-5-9-17-30)39(47)44-36(40-43-22-23-51-40)25-29-14-6-4-7-15-29/h4-23,28,35-38H,24-27H2,1-3H3,(H,44,47)(H,45,49)/t36-,37-,38+/m0/s1. The minimum absolute atomic E-state index is 0.0859. The van der Waals surface area contributed by atoms with E-state index in [9.17, 15) is 14.4 Å². The van der Waals surface area contributed by atoms with Crippen molar-refractivity contribution in [2.24, 2.45) is 5.92 Å². The van der Waals surface area contributed by atoms with E-state index in [1.165, 1.54) is 16.2 Å². The Bertz CT molecular complexity index is 1870. The largest absolute Gasteiger partial charge is 0.449 e. The highest BCUT2D eigenvalue weighted by atomic mass is 32.1. The highest BCUT2D eigenvalue weighted by Crippen LogP contribution is 2.44. The number of ether oxygens (including phenoxy) is 1. The lowest BCUT2D eigenvalue weighted by molar-refractivity contribution is -0.141. The van der Waals surface area contributed by atoms with Gasteiger partial charge in [-0.05, 0) is 52.1 Å². The number of rotatable bonds is 14. The van der Waals surface area contributed by atoms with Crippen molar-refractivity contribution >= 4 is 29.2 Å². The molecule has 0 unspecified atom stereocenters. The van der Waals surface area contributed by atoms with Gasteiger partial charge in [-0.1, -0.05) is 123 Å². The average Bonchev–Trinajstić information content (AvgIpc) is 3.80. The number of amides is 3. The van der Waals surface area contributed by atoms with Crippen LogP contribution in [0.2, 0.25) is 0 Å². The highest BCUT2D eigenvalue weighted by molar-refractivity contribution is 7.09. The van der Waals surface area contributed by atoms with Crippen molar-refractivity contribution in [1.29, 1.82) is 0 Å². The summed E-state index contributed by atoms with van der Waals surface area (Å²) < 4.78 is 5.83. The van der Waals surface area contributed by atoms with Crippen LogP contribution in [0.5, 0.6) is 0 Å². The highest BCUT2D eigenvalue weighted by Gasteiger charge is 2.35. The molecule has 9 heteroatoms. The minimum Gasteiger partial charge on any atom is -0.449 e. The zero-order chi connectivity index (χ0) is 35.7. The number of carbonyl (C=O) groups is 3. The molecule has 1 heterocycles. The first-order valence-corrected chi connectivity index (χ1v) is 18.3. The van der Waals surface area contributed by atoms with Crippen LogP contribution in [0.25, 0.3) is 11.1 Å². The summed E-state index contributed by atoms with van der Waals surface area (Å²) in [7, 11) is 1.64.